The molecule has 1 aromatic rings. The maximum Gasteiger partial charge on any atom is 0.154 e. The molecular weight excluding hydrogens is 274 g/mol. The van der Waals surface area contributed by atoms with Crippen molar-refractivity contribution in [3.05, 3.63) is 29.3 Å². The Morgan fingerprint density at radius 2 is 2.20 bits per heavy atom. The van der Waals surface area contributed by atoms with Gasteiger partial charge in [-0.15, -0.1) is 0 Å². The molecule has 5 heteroatoms. The molecule has 0 amide bonds. The first-order valence-electron chi connectivity index (χ1n) is 7.31. The lowest BCUT2D eigenvalue weighted by atomic mass is 10.1. The first-order valence-corrected chi connectivity index (χ1v) is 9.13. The van der Waals surface area contributed by atoms with Crippen molar-refractivity contribution in [1.29, 1.82) is 0 Å². The van der Waals surface area contributed by atoms with Crippen molar-refractivity contribution in [1.82, 2.24) is 5.32 Å². The van der Waals surface area contributed by atoms with Gasteiger partial charge in [0.2, 0.25) is 0 Å². The minimum Gasteiger partial charge on any atom is -0.489 e. The standard InChI is InChI=1S/C15H21NO3S/c1-2-16-14-7-6-13-12(14)4-3-5-15(13)19-11-8-9-20(17,18)10-11/h3-5,11,14,16H,2,6-10H2,1H3. The van der Waals surface area contributed by atoms with Crippen molar-refractivity contribution >= 4 is 9.84 Å². The van der Waals surface area contributed by atoms with Gasteiger partial charge in [-0.2, -0.15) is 0 Å². The third-order valence-corrected chi connectivity index (χ3v) is 5.90. The number of benzene rings is 1. The number of hydrogen-bond acceptors (Lipinski definition) is 4. The Bertz CT molecular complexity index is 597. The number of rotatable bonds is 4. The maximum absolute atomic E-state index is 11.5. The van der Waals surface area contributed by atoms with Crippen LogP contribution in [-0.4, -0.2) is 32.6 Å². The molecule has 20 heavy (non-hydrogen) atoms. The van der Waals surface area contributed by atoms with E-state index in [1.54, 1.807) is 0 Å². The fourth-order valence-corrected chi connectivity index (χ4v) is 4.81. The summed E-state index contributed by atoms with van der Waals surface area (Å²) >= 11 is 0. The predicted octanol–water partition coefficient (Wildman–Crippen LogP) is 1.85. The summed E-state index contributed by atoms with van der Waals surface area (Å²) in [6.45, 7) is 3.07. The largest absolute Gasteiger partial charge is 0.489 e. The molecule has 3 rings (SSSR count). The molecule has 0 bridgehead atoms. The summed E-state index contributed by atoms with van der Waals surface area (Å²) in [4.78, 5) is 0. The molecular formula is C15H21NO3S. The molecule has 2 atom stereocenters. The highest BCUT2D eigenvalue weighted by Crippen LogP contribution is 2.37. The fourth-order valence-electron chi connectivity index (χ4n) is 3.22. The lowest BCUT2D eigenvalue weighted by molar-refractivity contribution is 0.227. The Hall–Kier alpha value is -1.07. The van der Waals surface area contributed by atoms with Crippen LogP contribution in [-0.2, 0) is 16.3 Å². The summed E-state index contributed by atoms with van der Waals surface area (Å²) in [6.07, 6.45) is 2.53. The molecule has 1 saturated heterocycles. The van der Waals surface area contributed by atoms with E-state index >= 15 is 0 Å². The Kier molecular flexibility index (Phi) is 3.73. The Morgan fingerprint density at radius 3 is 2.90 bits per heavy atom. The molecule has 0 saturated carbocycles. The average Bonchev–Trinajstić information content (AvgIpc) is 2.95. The van der Waals surface area contributed by atoms with Crippen LogP contribution in [0.3, 0.4) is 0 Å². The van der Waals surface area contributed by atoms with E-state index in [2.05, 4.69) is 18.3 Å². The van der Waals surface area contributed by atoms with E-state index in [0.29, 0.717) is 12.5 Å². The highest BCUT2D eigenvalue weighted by molar-refractivity contribution is 7.91. The quantitative estimate of drug-likeness (QED) is 0.921. The second-order valence-corrected chi connectivity index (χ2v) is 7.84. The summed E-state index contributed by atoms with van der Waals surface area (Å²) in [5, 5.41) is 3.48. The number of sulfone groups is 1. The fraction of sp³-hybridized carbons (Fsp3) is 0.600. The molecule has 0 spiro atoms. The van der Waals surface area contributed by atoms with Gasteiger partial charge in [0.15, 0.2) is 9.84 Å². The molecule has 0 aromatic heterocycles. The van der Waals surface area contributed by atoms with Crippen molar-refractivity contribution in [2.24, 2.45) is 0 Å². The predicted molar refractivity (Wildman–Crippen MR) is 78.9 cm³/mol. The maximum atomic E-state index is 11.5. The topological polar surface area (TPSA) is 55.4 Å². The third kappa shape index (κ3) is 2.69. The smallest absolute Gasteiger partial charge is 0.154 e. The second kappa shape index (κ2) is 5.37. The van der Waals surface area contributed by atoms with Crippen molar-refractivity contribution in [2.45, 2.75) is 38.3 Å². The van der Waals surface area contributed by atoms with E-state index < -0.39 is 9.84 Å². The van der Waals surface area contributed by atoms with Gasteiger partial charge in [0, 0.05) is 6.04 Å². The van der Waals surface area contributed by atoms with Gasteiger partial charge in [-0.05, 0) is 43.0 Å². The van der Waals surface area contributed by atoms with Gasteiger partial charge in [0.1, 0.15) is 11.9 Å². The minimum atomic E-state index is -2.89. The van der Waals surface area contributed by atoms with Crippen LogP contribution in [0.2, 0.25) is 0 Å². The van der Waals surface area contributed by atoms with Crippen LogP contribution >= 0.6 is 0 Å². The molecule has 110 valence electrons. The normalized spacial score (nSPS) is 27.4. The van der Waals surface area contributed by atoms with E-state index in [0.717, 1.165) is 25.1 Å². The van der Waals surface area contributed by atoms with Gasteiger partial charge in [-0.25, -0.2) is 8.42 Å². The van der Waals surface area contributed by atoms with E-state index in [9.17, 15) is 8.42 Å². The summed E-state index contributed by atoms with van der Waals surface area (Å²) in [7, 11) is -2.89. The van der Waals surface area contributed by atoms with Gasteiger partial charge >= 0.3 is 0 Å². The number of fused-ring (bicyclic) bond motifs is 1. The molecule has 4 nitrogen and oxygen atoms in total. The highest BCUT2D eigenvalue weighted by atomic mass is 32.2. The molecule has 1 aliphatic carbocycles. The molecule has 2 unspecified atom stereocenters. The van der Waals surface area contributed by atoms with Crippen LogP contribution in [0.15, 0.2) is 18.2 Å². The number of ether oxygens (including phenoxy) is 1. The summed E-state index contributed by atoms with van der Waals surface area (Å²) in [5.41, 5.74) is 2.56. The van der Waals surface area contributed by atoms with Crippen molar-refractivity contribution in [2.75, 3.05) is 18.1 Å². The van der Waals surface area contributed by atoms with Crippen molar-refractivity contribution in [3.8, 4) is 5.75 Å². The van der Waals surface area contributed by atoms with Gasteiger partial charge < -0.3 is 10.1 Å². The van der Waals surface area contributed by atoms with Crippen LogP contribution < -0.4 is 10.1 Å². The number of nitrogens with one attached hydrogen (secondary N) is 1. The lowest BCUT2D eigenvalue weighted by Gasteiger charge is -2.17. The minimum absolute atomic E-state index is 0.160. The van der Waals surface area contributed by atoms with E-state index in [1.165, 1.54) is 11.1 Å². The molecule has 1 N–H and O–H groups in total. The first-order chi connectivity index (χ1) is 9.59. The number of hydrogen-bond donors (Lipinski definition) is 1. The molecule has 1 aromatic carbocycles. The van der Waals surface area contributed by atoms with Crippen LogP contribution in [0.5, 0.6) is 5.75 Å². The van der Waals surface area contributed by atoms with Gasteiger partial charge in [0.25, 0.3) is 0 Å². The van der Waals surface area contributed by atoms with Gasteiger partial charge in [-0.3, -0.25) is 0 Å². The Labute approximate surface area is 120 Å². The molecule has 1 fully saturated rings. The monoisotopic (exact) mass is 295 g/mol. The van der Waals surface area contributed by atoms with E-state index in [1.807, 2.05) is 12.1 Å². The molecule has 2 aliphatic rings. The van der Waals surface area contributed by atoms with E-state index in [-0.39, 0.29) is 17.6 Å². The SMILES string of the molecule is CCNC1CCc2c(OC3CCS(=O)(=O)C3)cccc21. The van der Waals surface area contributed by atoms with Crippen molar-refractivity contribution in [3.63, 3.8) is 0 Å². The molecule has 1 heterocycles. The Balaban J connectivity index is 1.79. The van der Waals surface area contributed by atoms with Crippen LogP contribution in [0.4, 0.5) is 0 Å². The van der Waals surface area contributed by atoms with E-state index in [4.69, 9.17) is 4.74 Å². The van der Waals surface area contributed by atoms with Crippen LogP contribution in [0.1, 0.15) is 36.9 Å². The summed E-state index contributed by atoms with van der Waals surface area (Å²) < 4.78 is 29.0. The van der Waals surface area contributed by atoms with Gasteiger partial charge in [-0.1, -0.05) is 19.1 Å². The van der Waals surface area contributed by atoms with Crippen LogP contribution in [0.25, 0.3) is 0 Å². The Morgan fingerprint density at radius 1 is 1.35 bits per heavy atom. The molecule has 0 radical (unpaired) electrons. The highest BCUT2D eigenvalue weighted by Gasteiger charge is 2.31. The van der Waals surface area contributed by atoms with Crippen LogP contribution in [0, 0.1) is 0 Å². The summed E-state index contributed by atoms with van der Waals surface area (Å²) in [5.74, 6) is 1.30. The summed E-state index contributed by atoms with van der Waals surface area (Å²) in [6, 6.07) is 6.53. The zero-order valence-electron chi connectivity index (χ0n) is 11.8. The molecule has 1 aliphatic heterocycles. The van der Waals surface area contributed by atoms with Gasteiger partial charge in [0.05, 0.1) is 11.5 Å². The zero-order valence-corrected chi connectivity index (χ0v) is 12.6. The lowest BCUT2D eigenvalue weighted by Crippen LogP contribution is -2.19. The average molecular weight is 295 g/mol. The van der Waals surface area contributed by atoms with Crippen molar-refractivity contribution < 1.29 is 13.2 Å². The second-order valence-electron chi connectivity index (χ2n) is 5.62. The first kappa shape index (κ1) is 13.9. The zero-order chi connectivity index (χ0) is 14.2. The third-order valence-electron chi connectivity index (χ3n) is 4.16.